The molecule has 1 saturated heterocycles. The average molecular weight is 321 g/mol. The van der Waals surface area contributed by atoms with Crippen molar-refractivity contribution in [3.8, 4) is 0 Å². The van der Waals surface area contributed by atoms with Gasteiger partial charge < -0.3 is 5.32 Å². The van der Waals surface area contributed by atoms with E-state index in [4.69, 9.17) is 11.6 Å². The molecule has 0 aliphatic carbocycles. The van der Waals surface area contributed by atoms with Gasteiger partial charge in [-0.3, -0.25) is 0 Å². The van der Waals surface area contributed by atoms with E-state index in [-0.39, 0.29) is 23.2 Å². The summed E-state index contributed by atoms with van der Waals surface area (Å²) < 4.78 is 39.5. The number of piperidine rings is 1. The van der Waals surface area contributed by atoms with Gasteiger partial charge in [-0.05, 0) is 49.5 Å². The SMILES string of the molecule is O=S(=O)(CC1CCNCC1)NCc1ccc(F)c(Cl)c1. The molecule has 20 heavy (non-hydrogen) atoms. The molecule has 0 atom stereocenters. The van der Waals surface area contributed by atoms with Crippen LogP contribution in [0, 0.1) is 11.7 Å². The molecule has 1 heterocycles. The lowest BCUT2D eigenvalue weighted by atomic mass is 10.0. The smallest absolute Gasteiger partial charge is 0.212 e. The molecule has 1 aromatic carbocycles. The molecule has 1 aromatic rings. The number of hydrogen-bond donors (Lipinski definition) is 2. The van der Waals surface area contributed by atoms with Crippen LogP contribution in [-0.2, 0) is 16.6 Å². The molecule has 1 aliphatic rings. The number of benzene rings is 1. The Balaban J connectivity index is 1.89. The highest BCUT2D eigenvalue weighted by molar-refractivity contribution is 7.89. The first-order chi connectivity index (χ1) is 9.46. The molecule has 1 fully saturated rings. The zero-order chi connectivity index (χ0) is 14.6. The Bertz CT molecular complexity index is 559. The van der Waals surface area contributed by atoms with Crippen LogP contribution in [0.2, 0.25) is 5.02 Å². The summed E-state index contributed by atoms with van der Waals surface area (Å²) in [6, 6.07) is 4.19. The fourth-order valence-corrected chi connectivity index (χ4v) is 3.92. The van der Waals surface area contributed by atoms with Crippen molar-refractivity contribution in [2.24, 2.45) is 5.92 Å². The van der Waals surface area contributed by atoms with Crippen molar-refractivity contribution in [1.29, 1.82) is 0 Å². The van der Waals surface area contributed by atoms with Crippen LogP contribution in [0.15, 0.2) is 18.2 Å². The summed E-state index contributed by atoms with van der Waals surface area (Å²) in [7, 11) is -3.32. The lowest BCUT2D eigenvalue weighted by Crippen LogP contribution is -2.35. The van der Waals surface area contributed by atoms with Gasteiger partial charge in [-0.2, -0.15) is 0 Å². The Morgan fingerprint density at radius 3 is 2.70 bits per heavy atom. The second kappa shape index (κ2) is 6.85. The summed E-state index contributed by atoms with van der Waals surface area (Å²) in [6.45, 7) is 1.87. The van der Waals surface area contributed by atoms with Crippen molar-refractivity contribution in [3.05, 3.63) is 34.6 Å². The number of halogens is 2. The first-order valence-corrected chi connectivity index (χ1v) is 8.61. The third kappa shape index (κ3) is 4.70. The lowest BCUT2D eigenvalue weighted by Gasteiger charge is -2.22. The highest BCUT2D eigenvalue weighted by Gasteiger charge is 2.20. The van der Waals surface area contributed by atoms with Crippen molar-refractivity contribution in [1.82, 2.24) is 10.0 Å². The Morgan fingerprint density at radius 1 is 1.35 bits per heavy atom. The molecule has 7 heteroatoms. The number of rotatable bonds is 5. The van der Waals surface area contributed by atoms with Crippen LogP contribution in [0.3, 0.4) is 0 Å². The molecule has 0 amide bonds. The molecule has 0 unspecified atom stereocenters. The monoisotopic (exact) mass is 320 g/mol. The first-order valence-electron chi connectivity index (χ1n) is 6.58. The highest BCUT2D eigenvalue weighted by atomic mass is 35.5. The molecule has 2 N–H and O–H groups in total. The summed E-state index contributed by atoms with van der Waals surface area (Å²) in [5.41, 5.74) is 0.644. The Hall–Kier alpha value is -0.690. The van der Waals surface area contributed by atoms with Crippen molar-refractivity contribution in [2.45, 2.75) is 19.4 Å². The zero-order valence-electron chi connectivity index (χ0n) is 11.0. The van der Waals surface area contributed by atoms with Gasteiger partial charge in [0, 0.05) is 6.54 Å². The van der Waals surface area contributed by atoms with E-state index in [1.807, 2.05) is 0 Å². The van der Waals surface area contributed by atoms with Crippen LogP contribution in [-0.4, -0.2) is 27.3 Å². The molecule has 0 aromatic heterocycles. The van der Waals surface area contributed by atoms with Gasteiger partial charge in [0.05, 0.1) is 10.8 Å². The molecule has 112 valence electrons. The van der Waals surface area contributed by atoms with E-state index in [0.717, 1.165) is 25.9 Å². The number of nitrogens with one attached hydrogen (secondary N) is 2. The van der Waals surface area contributed by atoms with Crippen LogP contribution in [0.4, 0.5) is 4.39 Å². The molecular weight excluding hydrogens is 303 g/mol. The van der Waals surface area contributed by atoms with Crippen LogP contribution in [0.5, 0.6) is 0 Å². The average Bonchev–Trinajstić information content (AvgIpc) is 2.41. The zero-order valence-corrected chi connectivity index (χ0v) is 12.6. The molecule has 0 radical (unpaired) electrons. The Kier molecular flexibility index (Phi) is 5.37. The van der Waals surface area contributed by atoms with E-state index in [9.17, 15) is 12.8 Å². The topological polar surface area (TPSA) is 58.2 Å². The van der Waals surface area contributed by atoms with Gasteiger partial charge in [-0.15, -0.1) is 0 Å². The molecule has 0 spiro atoms. The molecular formula is C13H18ClFN2O2S. The second-order valence-electron chi connectivity index (χ2n) is 5.04. The van der Waals surface area contributed by atoms with Crippen LogP contribution in [0.1, 0.15) is 18.4 Å². The molecule has 0 saturated carbocycles. The van der Waals surface area contributed by atoms with Gasteiger partial charge in [-0.1, -0.05) is 17.7 Å². The van der Waals surface area contributed by atoms with Gasteiger partial charge >= 0.3 is 0 Å². The normalized spacial score (nSPS) is 17.3. The molecule has 2 rings (SSSR count). The molecule has 0 bridgehead atoms. The van der Waals surface area contributed by atoms with Crippen LogP contribution >= 0.6 is 11.6 Å². The second-order valence-corrected chi connectivity index (χ2v) is 7.30. The van der Waals surface area contributed by atoms with Crippen molar-refractivity contribution >= 4 is 21.6 Å². The summed E-state index contributed by atoms with van der Waals surface area (Å²) in [5, 5.41) is 3.20. The highest BCUT2D eigenvalue weighted by Crippen LogP contribution is 2.17. The quantitative estimate of drug-likeness (QED) is 0.871. The Labute approximate surface area is 123 Å². The lowest BCUT2D eigenvalue weighted by molar-refractivity contribution is 0.400. The summed E-state index contributed by atoms with van der Waals surface area (Å²) in [4.78, 5) is 0. The van der Waals surface area contributed by atoms with Gasteiger partial charge in [0.1, 0.15) is 5.82 Å². The minimum Gasteiger partial charge on any atom is -0.317 e. The van der Waals surface area contributed by atoms with Crippen LogP contribution in [0.25, 0.3) is 0 Å². The standard InChI is InChI=1S/C13H18ClFN2O2S/c14-12-7-11(1-2-13(12)15)8-17-20(18,19)9-10-3-5-16-6-4-10/h1-2,7,10,16-17H,3-6,8-9H2. The first kappa shape index (κ1) is 15.7. The maximum Gasteiger partial charge on any atom is 0.212 e. The van der Waals surface area contributed by atoms with Gasteiger partial charge in [0.15, 0.2) is 0 Å². The number of hydrogen-bond acceptors (Lipinski definition) is 3. The van der Waals surface area contributed by atoms with Crippen LogP contribution < -0.4 is 10.0 Å². The summed E-state index contributed by atoms with van der Waals surface area (Å²) >= 11 is 5.66. The van der Waals surface area contributed by atoms with Gasteiger partial charge in [0.25, 0.3) is 0 Å². The van der Waals surface area contributed by atoms with Crippen molar-refractivity contribution in [3.63, 3.8) is 0 Å². The molecule has 1 aliphatic heterocycles. The van der Waals surface area contributed by atoms with Gasteiger partial charge in [-0.25, -0.2) is 17.5 Å². The predicted octanol–water partition coefficient (Wildman–Crippen LogP) is 1.90. The largest absolute Gasteiger partial charge is 0.317 e. The van der Waals surface area contributed by atoms with E-state index >= 15 is 0 Å². The van der Waals surface area contributed by atoms with Crippen molar-refractivity contribution in [2.75, 3.05) is 18.8 Å². The van der Waals surface area contributed by atoms with E-state index in [1.165, 1.54) is 18.2 Å². The predicted molar refractivity (Wildman–Crippen MR) is 77.6 cm³/mol. The summed E-state index contributed by atoms with van der Waals surface area (Å²) in [5.74, 6) is -0.164. The molecule has 4 nitrogen and oxygen atoms in total. The minimum absolute atomic E-state index is 0.0000489. The third-order valence-electron chi connectivity index (χ3n) is 3.39. The maximum atomic E-state index is 13.0. The van der Waals surface area contributed by atoms with E-state index in [0.29, 0.717) is 5.56 Å². The van der Waals surface area contributed by atoms with Gasteiger partial charge in [0.2, 0.25) is 10.0 Å². The fourth-order valence-electron chi connectivity index (χ4n) is 2.26. The third-order valence-corrected chi connectivity index (χ3v) is 5.18. The van der Waals surface area contributed by atoms with E-state index in [1.54, 1.807) is 0 Å². The summed E-state index contributed by atoms with van der Waals surface area (Å²) in [6.07, 6.45) is 1.76. The Morgan fingerprint density at radius 2 is 2.05 bits per heavy atom. The maximum absolute atomic E-state index is 13.0. The van der Waals surface area contributed by atoms with E-state index in [2.05, 4.69) is 10.0 Å². The van der Waals surface area contributed by atoms with Crippen molar-refractivity contribution < 1.29 is 12.8 Å². The fraction of sp³-hybridized carbons (Fsp3) is 0.538. The number of sulfonamides is 1. The minimum atomic E-state index is -3.32. The van der Waals surface area contributed by atoms with E-state index < -0.39 is 15.8 Å².